The largest absolute Gasteiger partial charge is 0.489 e. The van der Waals surface area contributed by atoms with Gasteiger partial charge in [-0.2, -0.15) is 5.26 Å². The summed E-state index contributed by atoms with van der Waals surface area (Å²) in [5.41, 5.74) is 1.26. The zero-order chi connectivity index (χ0) is 24.5. The van der Waals surface area contributed by atoms with E-state index in [4.69, 9.17) is 26.3 Å². The van der Waals surface area contributed by atoms with Crippen molar-refractivity contribution in [2.45, 2.75) is 32.5 Å². The Bertz CT molecular complexity index is 1060. The molecule has 2 heterocycles. The van der Waals surface area contributed by atoms with Crippen LogP contribution in [0.15, 0.2) is 24.5 Å². The molecule has 11 nitrogen and oxygen atoms in total. The maximum atomic E-state index is 12.4. The van der Waals surface area contributed by atoms with E-state index in [-0.39, 0.29) is 35.9 Å². The quantitative estimate of drug-likeness (QED) is 0.412. The number of nitrogens with zero attached hydrogens (tertiary/aromatic N) is 3. The lowest BCUT2D eigenvalue weighted by Gasteiger charge is -2.22. The van der Waals surface area contributed by atoms with Gasteiger partial charge in [0.05, 0.1) is 30.8 Å². The first-order chi connectivity index (χ1) is 16.4. The number of hydrogen-bond acceptors (Lipinski definition) is 8. The molecule has 188 valence electrons. The van der Waals surface area contributed by atoms with Crippen LogP contribution >= 0.6 is 24.0 Å². The van der Waals surface area contributed by atoms with Gasteiger partial charge in [0.15, 0.2) is 11.5 Å². The van der Waals surface area contributed by atoms with Crippen LogP contribution in [0.4, 0.5) is 16.3 Å². The number of morpholine rings is 1. The minimum atomic E-state index is -0.579. The molecule has 1 saturated heterocycles. The van der Waals surface area contributed by atoms with Crippen LogP contribution in [-0.4, -0.2) is 60.4 Å². The van der Waals surface area contributed by atoms with Crippen LogP contribution in [0.2, 0.25) is 5.02 Å². The van der Waals surface area contributed by atoms with E-state index < -0.39 is 12.1 Å². The number of nitrogens with one attached hydrogen (secondary N) is 4. The Balaban J connectivity index is 0.00000432. The predicted molar refractivity (Wildman–Crippen MR) is 133 cm³/mol. The fourth-order valence-corrected chi connectivity index (χ4v) is 3.38. The van der Waals surface area contributed by atoms with E-state index in [1.165, 1.54) is 12.4 Å². The van der Waals surface area contributed by atoms with E-state index >= 15 is 0 Å². The van der Waals surface area contributed by atoms with Crippen molar-refractivity contribution in [3.8, 4) is 11.8 Å². The molecule has 0 aliphatic carbocycles. The van der Waals surface area contributed by atoms with Gasteiger partial charge >= 0.3 is 6.03 Å². The minimum Gasteiger partial charge on any atom is -0.489 e. The summed E-state index contributed by atoms with van der Waals surface area (Å²) in [5, 5.41) is 20.4. The number of benzene rings is 1. The molecule has 0 unspecified atom stereocenters. The average Bonchev–Trinajstić information content (AvgIpc) is 2.82. The molecule has 0 spiro atoms. The predicted octanol–water partition coefficient (Wildman–Crippen LogP) is 2.50. The van der Waals surface area contributed by atoms with Gasteiger partial charge in [-0.3, -0.25) is 10.1 Å². The number of ether oxygens (including phenoxy) is 2. The molecular formula is C22H27Cl2N7O4. The number of amides is 3. The minimum absolute atomic E-state index is 0. The fraction of sp³-hybridized carbons (Fsp3) is 0.409. The number of nitriles is 1. The summed E-state index contributed by atoms with van der Waals surface area (Å²) in [4.78, 5) is 32.5. The summed E-state index contributed by atoms with van der Waals surface area (Å²) >= 11 is 6.45. The number of aromatic nitrogens is 2. The molecule has 1 aromatic heterocycles. The van der Waals surface area contributed by atoms with Crippen molar-refractivity contribution < 1.29 is 19.1 Å². The fourth-order valence-electron chi connectivity index (χ4n) is 3.12. The molecule has 0 bridgehead atoms. The molecule has 13 heteroatoms. The van der Waals surface area contributed by atoms with Gasteiger partial charge in [0.25, 0.3) is 0 Å². The van der Waals surface area contributed by atoms with Crippen LogP contribution in [0.5, 0.6) is 5.75 Å². The zero-order valence-corrected chi connectivity index (χ0v) is 20.8. The van der Waals surface area contributed by atoms with Crippen LogP contribution in [-0.2, 0) is 16.0 Å². The molecule has 4 N–H and O–H groups in total. The summed E-state index contributed by atoms with van der Waals surface area (Å²) in [6, 6.07) is 4.61. The standard InChI is InChI=1S/C22H26ClN7O4.ClH/c1-13(2)34-18-7-14(3-4-26-21(31)19-11-25-5-6-33-19)16(23)8-17(18)29-22(32)30-20-12-27-15(9-24)10-28-20;/h7-8,10,12-13,19,25H,3-6,11H2,1-2H3,(H,26,31)(H2,28,29,30,32);1H/t19-;/m1./s1. The van der Waals surface area contributed by atoms with E-state index in [1.807, 2.05) is 19.9 Å². The molecule has 1 aliphatic heterocycles. The van der Waals surface area contributed by atoms with Crippen LogP contribution in [0.1, 0.15) is 25.1 Å². The lowest BCUT2D eigenvalue weighted by molar-refractivity contribution is -0.134. The Labute approximate surface area is 214 Å². The summed E-state index contributed by atoms with van der Waals surface area (Å²) in [7, 11) is 0. The van der Waals surface area contributed by atoms with Crippen molar-refractivity contribution in [2.75, 3.05) is 36.9 Å². The third kappa shape index (κ3) is 8.52. The molecular weight excluding hydrogens is 497 g/mol. The summed E-state index contributed by atoms with van der Waals surface area (Å²) in [5.74, 6) is 0.433. The Morgan fingerprint density at radius 2 is 2.11 bits per heavy atom. The molecule has 1 atom stereocenters. The third-order valence-corrected chi connectivity index (χ3v) is 5.03. The van der Waals surface area contributed by atoms with Crippen molar-refractivity contribution in [1.82, 2.24) is 20.6 Å². The molecule has 35 heavy (non-hydrogen) atoms. The smallest absolute Gasteiger partial charge is 0.325 e. The highest BCUT2D eigenvalue weighted by Crippen LogP contribution is 2.32. The van der Waals surface area contributed by atoms with Crippen molar-refractivity contribution >= 4 is 47.5 Å². The van der Waals surface area contributed by atoms with Gasteiger partial charge in [-0.25, -0.2) is 14.8 Å². The first-order valence-electron chi connectivity index (χ1n) is 10.7. The highest BCUT2D eigenvalue weighted by molar-refractivity contribution is 6.31. The normalized spacial score (nSPS) is 14.9. The second kappa shape index (κ2) is 13.7. The SMILES string of the molecule is CC(C)Oc1cc(CCNC(=O)[C@H]2CNCCO2)c(Cl)cc1NC(=O)Nc1cnc(C#N)cn1.Cl. The van der Waals surface area contributed by atoms with Crippen LogP contribution in [0, 0.1) is 11.3 Å². The summed E-state index contributed by atoms with van der Waals surface area (Å²) in [6.07, 6.45) is 2.34. The van der Waals surface area contributed by atoms with Crippen LogP contribution in [0.3, 0.4) is 0 Å². The van der Waals surface area contributed by atoms with Gasteiger partial charge in [-0.15, -0.1) is 12.4 Å². The van der Waals surface area contributed by atoms with Gasteiger partial charge in [0.2, 0.25) is 5.91 Å². The van der Waals surface area contributed by atoms with E-state index in [1.54, 1.807) is 12.1 Å². The summed E-state index contributed by atoms with van der Waals surface area (Å²) < 4.78 is 11.3. The monoisotopic (exact) mass is 523 g/mol. The second-order valence-corrected chi connectivity index (χ2v) is 8.10. The number of carbonyl (C=O) groups excluding carboxylic acids is 2. The van der Waals surface area contributed by atoms with E-state index in [0.29, 0.717) is 42.6 Å². The Hall–Kier alpha value is -3.17. The Morgan fingerprint density at radius 3 is 2.74 bits per heavy atom. The molecule has 3 amide bonds. The van der Waals surface area contributed by atoms with Gasteiger partial charge in [0.1, 0.15) is 17.9 Å². The third-order valence-electron chi connectivity index (χ3n) is 4.68. The second-order valence-electron chi connectivity index (χ2n) is 7.69. The van der Waals surface area contributed by atoms with Crippen molar-refractivity contribution in [1.29, 1.82) is 5.26 Å². The van der Waals surface area contributed by atoms with Crippen molar-refractivity contribution in [2.24, 2.45) is 0 Å². The molecule has 3 rings (SSSR count). The van der Waals surface area contributed by atoms with Gasteiger partial charge in [-0.05, 0) is 38.0 Å². The summed E-state index contributed by atoms with van der Waals surface area (Å²) in [6.45, 7) is 5.81. The molecule has 2 aromatic rings. The maximum absolute atomic E-state index is 12.4. The average molecular weight is 524 g/mol. The highest BCUT2D eigenvalue weighted by atomic mass is 35.5. The van der Waals surface area contributed by atoms with E-state index in [9.17, 15) is 9.59 Å². The molecule has 1 aliphatic rings. The maximum Gasteiger partial charge on any atom is 0.325 e. The molecule has 0 radical (unpaired) electrons. The first-order valence-corrected chi connectivity index (χ1v) is 11.1. The Kier molecular flexibility index (Phi) is 10.9. The molecule has 1 aromatic carbocycles. The van der Waals surface area contributed by atoms with Crippen LogP contribution < -0.4 is 26.0 Å². The van der Waals surface area contributed by atoms with Crippen molar-refractivity contribution in [3.05, 3.63) is 40.8 Å². The zero-order valence-electron chi connectivity index (χ0n) is 19.3. The Morgan fingerprint density at radius 1 is 1.31 bits per heavy atom. The number of hydrogen-bond donors (Lipinski definition) is 4. The number of halogens is 2. The molecule has 1 fully saturated rings. The lowest BCUT2D eigenvalue weighted by Crippen LogP contribution is -2.48. The van der Waals surface area contributed by atoms with Crippen molar-refractivity contribution in [3.63, 3.8) is 0 Å². The van der Waals surface area contributed by atoms with Crippen LogP contribution in [0.25, 0.3) is 0 Å². The first kappa shape index (κ1) is 28.1. The number of urea groups is 1. The van der Waals surface area contributed by atoms with E-state index in [2.05, 4.69) is 31.2 Å². The highest BCUT2D eigenvalue weighted by Gasteiger charge is 2.21. The molecule has 0 saturated carbocycles. The number of rotatable bonds is 8. The van der Waals surface area contributed by atoms with Gasteiger partial charge in [0, 0.05) is 24.7 Å². The number of carbonyl (C=O) groups is 2. The number of anilines is 2. The topological polar surface area (TPSA) is 150 Å². The van der Waals surface area contributed by atoms with E-state index in [0.717, 1.165) is 12.1 Å². The van der Waals surface area contributed by atoms with Gasteiger partial charge < -0.3 is 25.4 Å². The lowest BCUT2D eigenvalue weighted by atomic mass is 10.1. The van der Waals surface area contributed by atoms with Gasteiger partial charge in [-0.1, -0.05) is 11.6 Å².